The van der Waals surface area contributed by atoms with Crippen LogP contribution in [0, 0.1) is 5.92 Å². The van der Waals surface area contributed by atoms with Crippen molar-refractivity contribution in [1.82, 2.24) is 0 Å². The Morgan fingerprint density at radius 2 is 1.58 bits per heavy atom. The third-order valence-corrected chi connectivity index (χ3v) is 6.78. The molecule has 0 saturated carbocycles. The molecule has 3 aliphatic carbocycles. The summed E-state index contributed by atoms with van der Waals surface area (Å²) in [5.74, 6) is 1.16. The van der Waals surface area contributed by atoms with Gasteiger partial charge >= 0.3 is 0 Å². The normalized spacial score (nSPS) is 25.9. The van der Waals surface area contributed by atoms with E-state index in [9.17, 15) is 4.79 Å². The van der Waals surface area contributed by atoms with E-state index in [-0.39, 0.29) is 5.92 Å². The lowest BCUT2D eigenvalue weighted by molar-refractivity contribution is 0.0915. The van der Waals surface area contributed by atoms with Crippen molar-refractivity contribution in [1.29, 1.82) is 0 Å². The van der Waals surface area contributed by atoms with Crippen molar-refractivity contribution < 1.29 is 4.79 Å². The predicted molar refractivity (Wildman–Crippen MR) is 105 cm³/mol. The molecule has 6 rings (SSSR count). The Hall–Kier alpha value is -2.67. The van der Waals surface area contributed by atoms with Crippen molar-refractivity contribution in [3.05, 3.63) is 94.6 Å². The van der Waals surface area contributed by atoms with Gasteiger partial charge in [0.1, 0.15) is 0 Å². The molecule has 1 nitrogen and oxygen atoms in total. The smallest absolute Gasteiger partial charge is 0.167 e. The fraction of sp³-hybridized carbons (Fsp3) is 0.240. The van der Waals surface area contributed by atoms with Crippen LogP contribution in [0.3, 0.4) is 0 Å². The highest BCUT2D eigenvalue weighted by Crippen LogP contribution is 2.56. The minimum absolute atomic E-state index is 0.113. The van der Waals surface area contributed by atoms with Crippen LogP contribution < -0.4 is 0 Å². The van der Waals surface area contributed by atoms with Crippen LogP contribution in [0.25, 0.3) is 10.8 Å². The number of aryl methyl sites for hydroxylation is 1. The number of allylic oxidation sites excluding steroid dienone is 2. The van der Waals surface area contributed by atoms with E-state index in [0.717, 1.165) is 24.8 Å². The highest BCUT2D eigenvalue weighted by Gasteiger charge is 2.47. The van der Waals surface area contributed by atoms with Crippen molar-refractivity contribution in [2.45, 2.75) is 31.1 Å². The van der Waals surface area contributed by atoms with Gasteiger partial charge in [-0.2, -0.15) is 0 Å². The first kappa shape index (κ1) is 14.5. The molecule has 0 radical (unpaired) electrons. The lowest BCUT2D eigenvalue weighted by Gasteiger charge is -2.39. The number of fused-ring (bicyclic) bond motifs is 8. The summed E-state index contributed by atoms with van der Waals surface area (Å²) < 4.78 is 0. The molecule has 0 aliphatic heterocycles. The molecule has 0 aromatic heterocycles. The summed E-state index contributed by atoms with van der Waals surface area (Å²) in [5, 5.41) is 2.43. The molecule has 0 fully saturated rings. The van der Waals surface area contributed by atoms with Crippen LogP contribution in [0.4, 0.5) is 0 Å². The fourth-order valence-corrected chi connectivity index (χ4v) is 5.62. The predicted octanol–water partition coefficient (Wildman–Crippen LogP) is 5.80. The number of benzene rings is 3. The summed E-state index contributed by atoms with van der Waals surface area (Å²) in [4.78, 5) is 13.2. The van der Waals surface area contributed by atoms with Crippen molar-refractivity contribution >= 4 is 16.6 Å². The Morgan fingerprint density at radius 1 is 0.808 bits per heavy atom. The summed E-state index contributed by atoms with van der Waals surface area (Å²) in [6.07, 6.45) is 5.56. The SMILES string of the molecule is O=C1c2cc3ccccc3cc2[C@H]2[C@@H]3C(=CC[C@@H]12)CCc1ccccc13. The van der Waals surface area contributed by atoms with Crippen molar-refractivity contribution in [2.75, 3.05) is 0 Å². The molecular weight excluding hydrogens is 316 g/mol. The number of Topliss-reactive ketones (excluding diaryl/α,β-unsaturated/α-hetero) is 1. The average Bonchev–Trinajstić information content (AvgIpc) is 2.98. The van der Waals surface area contributed by atoms with Gasteiger partial charge in [-0.15, -0.1) is 0 Å². The Labute approximate surface area is 153 Å². The zero-order chi connectivity index (χ0) is 17.3. The Bertz CT molecular complexity index is 1100. The highest BCUT2D eigenvalue weighted by molar-refractivity contribution is 6.07. The lowest BCUT2D eigenvalue weighted by Crippen LogP contribution is -2.28. The largest absolute Gasteiger partial charge is 0.294 e. The van der Waals surface area contributed by atoms with Crippen molar-refractivity contribution in [3.63, 3.8) is 0 Å². The van der Waals surface area contributed by atoms with Gasteiger partial charge in [-0.1, -0.05) is 66.2 Å². The van der Waals surface area contributed by atoms with E-state index in [2.05, 4.69) is 66.7 Å². The Kier molecular flexibility index (Phi) is 2.88. The second-order valence-electron chi connectivity index (χ2n) is 7.97. The van der Waals surface area contributed by atoms with Crippen LogP contribution in [0.2, 0.25) is 0 Å². The average molecular weight is 336 g/mol. The molecule has 3 aromatic carbocycles. The zero-order valence-corrected chi connectivity index (χ0v) is 14.6. The molecule has 126 valence electrons. The first-order valence-corrected chi connectivity index (χ1v) is 9.65. The second kappa shape index (κ2) is 5.17. The molecule has 26 heavy (non-hydrogen) atoms. The maximum Gasteiger partial charge on any atom is 0.167 e. The molecule has 0 heterocycles. The van der Waals surface area contributed by atoms with Crippen LogP contribution >= 0.6 is 0 Å². The van der Waals surface area contributed by atoms with Crippen LogP contribution in [-0.2, 0) is 6.42 Å². The summed E-state index contributed by atoms with van der Waals surface area (Å²) in [7, 11) is 0. The standard InChI is InChI=1S/C25H20O/c26-25-20-12-11-16-10-9-15-5-3-4-8-19(15)23(16)24(20)21-13-17-6-1-2-7-18(17)14-22(21)25/h1-8,11,13-14,20,23-24H,9-10,12H2/t20-,23-,24+/m1/s1. The van der Waals surface area contributed by atoms with Gasteiger partial charge in [0.25, 0.3) is 0 Å². The summed E-state index contributed by atoms with van der Waals surface area (Å²) in [5.41, 5.74) is 6.73. The maximum absolute atomic E-state index is 13.2. The van der Waals surface area contributed by atoms with Gasteiger partial charge in [0, 0.05) is 23.3 Å². The quantitative estimate of drug-likeness (QED) is 0.474. The Balaban J connectivity index is 1.60. The molecule has 0 unspecified atom stereocenters. The van der Waals surface area contributed by atoms with Gasteiger partial charge < -0.3 is 0 Å². The molecule has 3 atom stereocenters. The lowest BCUT2D eigenvalue weighted by atomic mass is 9.64. The number of carbonyl (C=O) groups excluding carboxylic acids is 1. The highest BCUT2D eigenvalue weighted by atomic mass is 16.1. The number of rotatable bonds is 0. The van der Waals surface area contributed by atoms with Gasteiger partial charge in [0.2, 0.25) is 0 Å². The summed E-state index contributed by atoms with van der Waals surface area (Å²) >= 11 is 0. The number of hydrogen-bond acceptors (Lipinski definition) is 1. The molecule has 1 heteroatoms. The first-order chi connectivity index (χ1) is 12.8. The third-order valence-electron chi connectivity index (χ3n) is 6.78. The summed E-state index contributed by atoms with van der Waals surface area (Å²) in [6, 6.07) is 21.7. The maximum atomic E-state index is 13.2. The van der Waals surface area contributed by atoms with Crippen LogP contribution in [0.15, 0.2) is 72.3 Å². The van der Waals surface area contributed by atoms with Crippen LogP contribution in [0.5, 0.6) is 0 Å². The molecule has 0 bridgehead atoms. The summed E-state index contributed by atoms with van der Waals surface area (Å²) in [6.45, 7) is 0. The van der Waals surface area contributed by atoms with E-state index in [4.69, 9.17) is 0 Å². The number of carbonyl (C=O) groups is 1. The van der Waals surface area contributed by atoms with Gasteiger partial charge in [0.05, 0.1) is 0 Å². The monoisotopic (exact) mass is 336 g/mol. The number of ketones is 1. The second-order valence-corrected chi connectivity index (χ2v) is 7.97. The van der Waals surface area contributed by atoms with Gasteiger partial charge in [-0.3, -0.25) is 4.79 Å². The van der Waals surface area contributed by atoms with Gasteiger partial charge in [0.15, 0.2) is 5.78 Å². The molecule has 0 spiro atoms. The molecule has 3 aliphatic rings. The van der Waals surface area contributed by atoms with Crippen LogP contribution in [-0.4, -0.2) is 5.78 Å². The topological polar surface area (TPSA) is 17.1 Å². The molecular formula is C25H20O. The van der Waals surface area contributed by atoms with Crippen LogP contribution in [0.1, 0.15) is 51.7 Å². The molecule has 0 N–H and O–H groups in total. The number of hydrogen-bond donors (Lipinski definition) is 0. The van der Waals surface area contributed by atoms with E-state index in [1.807, 2.05) is 0 Å². The van der Waals surface area contributed by atoms with Gasteiger partial charge in [-0.05, 0) is 52.8 Å². The van der Waals surface area contributed by atoms with E-state index >= 15 is 0 Å². The van der Waals surface area contributed by atoms with E-state index in [0.29, 0.717) is 17.6 Å². The molecule has 3 aromatic rings. The van der Waals surface area contributed by atoms with Crippen molar-refractivity contribution in [2.24, 2.45) is 5.92 Å². The minimum atomic E-state index is 0.113. The van der Waals surface area contributed by atoms with E-state index in [1.165, 1.54) is 27.5 Å². The first-order valence-electron chi connectivity index (χ1n) is 9.65. The molecule has 0 amide bonds. The minimum Gasteiger partial charge on any atom is -0.294 e. The van der Waals surface area contributed by atoms with Crippen molar-refractivity contribution in [3.8, 4) is 0 Å². The third kappa shape index (κ3) is 1.83. The molecule has 0 saturated heterocycles. The zero-order valence-electron chi connectivity index (χ0n) is 14.6. The van der Waals surface area contributed by atoms with E-state index < -0.39 is 0 Å². The van der Waals surface area contributed by atoms with E-state index in [1.54, 1.807) is 5.57 Å². The van der Waals surface area contributed by atoms with Gasteiger partial charge in [-0.25, -0.2) is 0 Å². The fourth-order valence-electron chi connectivity index (χ4n) is 5.62. The Morgan fingerprint density at radius 3 is 2.46 bits per heavy atom.